The number of methoxy groups -OCH3 is 1. The van der Waals surface area contributed by atoms with E-state index in [1.807, 2.05) is 36.1 Å². The first-order chi connectivity index (χ1) is 9.13. The van der Waals surface area contributed by atoms with Gasteiger partial charge in [0.05, 0.1) is 13.0 Å². The molecule has 5 heteroatoms. The molecule has 2 atom stereocenters. The fourth-order valence-corrected chi connectivity index (χ4v) is 2.45. The summed E-state index contributed by atoms with van der Waals surface area (Å²) < 4.78 is 5.14. The van der Waals surface area contributed by atoms with Crippen LogP contribution in [0.2, 0.25) is 0 Å². The van der Waals surface area contributed by atoms with Crippen LogP contribution in [0.1, 0.15) is 25.3 Å². The lowest BCUT2D eigenvalue weighted by Crippen LogP contribution is -2.53. The van der Waals surface area contributed by atoms with E-state index in [1.165, 1.54) is 0 Å². The molecule has 112 valence electrons. The van der Waals surface area contributed by atoms with Gasteiger partial charge >= 0.3 is 0 Å². The molecule has 1 aromatic rings. The molecule has 1 saturated heterocycles. The van der Waals surface area contributed by atoms with Crippen LogP contribution in [0.3, 0.4) is 0 Å². The van der Waals surface area contributed by atoms with E-state index in [-0.39, 0.29) is 30.3 Å². The number of rotatable bonds is 3. The van der Waals surface area contributed by atoms with Gasteiger partial charge in [0.2, 0.25) is 5.91 Å². The van der Waals surface area contributed by atoms with Crippen LogP contribution < -0.4 is 10.1 Å². The van der Waals surface area contributed by atoms with Crippen LogP contribution in [-0.4, -0.2) is 43.6 Å². The molecule has 1 aliphatic rings. The Morgan fingerprint density at radius 3 is 2.60 bits per heavy atom. The topological polar surface area (TPSA) is 41.6 Å². The predicted molar refractivity (Wildman–Crippen MR) is 82.7 cm³/mol. The Labute approximate surface area is 126 Å². The number of hydrogen-bond donors (Lipinski definition) is 1. The third kappa shape index (κ3) is 3.64. The van der Waals surface area contributed by atoms with E-state index < -0.39 is 0 Å². The Morgan fingerprint density at radius 2 is 2.05 bits per heavy atom. The van der Waals surface area contributed by atoms with Crippen molar-refractivity contribution in [2.75, 3.05) is 26.7 Å². The number of benzene rings is 1. The maximum Gasteiger partial charge on any atom is 0.230 e. The molecule has 1 fully saturated rings. The highest BCUT2D eigenvalue weighted by molar-refractivity contribution is 5.85. The van der Waals surface area contributed by atoms with Gasteiger partial charge in [0, 0.05) is 25.7 Å². The van der Waals surface area contributed by atoms with Crippen molar-refractivity contribution in [1.29, 1.82) is 0 Å². The third-order valence-electron chi connectivity index (χ3n) is 3.77. The van der Waals surface area contributed by atoms with Crippen LogP contribution in [0.5, 0.6) is 5.75 Å². The number of hydrogen-bond acceptors (Lipinski definition) is 3. The summed E-state index contributed by atoms with van der Waals surface area (Å²) in [6, 6.07) is 8.00. The number of carbonyl (C=O) groups excluding carboxylic acids is 1. The molecule has 1 amide bonds. The number of carbonyl (C=O) groups is 1. The van der Waals surface area contributed by atoms with Crippen LogP contribution in [0.25, 0.3) is 0 Å². The Morgan fingerprint density at radius 1 is 1.40 bits per heavy atom. The number of amides is 1. The summed E-state index contributed by atoms with van der Waals surface area (Å²) >= 11 is 0. The van der Waals surface area contributed by atoms with Crippen molar-refractivity contribution in [2.24, 2.45) is 0 Å². The number of piperazine rings is 1. The van der Waals surface area contributed by atoms with Gasteiger partial charge in [-0.15, -0.1) is 12.4 Å². The van der Waals surface area contributed by atoms with E-state index in [0.29, 0.717) is 0 Å². The highest BCUT2D eigenvalue weighted by atomic mass is 35.5. The second-order valence-electron chi connectivity index (χ2n) is 5.08. The van der Waals surface area contributed by atoms with Gasteiger partial charge in [-0.25, -0.2) is 0 Å². The summed E-state index contributed by atoms with van der Waals surface area (Å²) in [7, 11) is 1.64. The fourth-order valence-electron chi connectivity index (χ4n) is 2.45. The highest BCUT2D eigenvalue weighted by Crippen LogP contribution is 2.22. The van der Waals surface area contributed by atoms with Gasteiger partial charge in [-0.3, -0.25) is 4.79 Å². The molecule has 1 aliphatic heterocycles. The standard InChI is InChI=1S/C15H22N2O2.ClH/c1-11-10-16-8-9-17(11)15(18)12(2)13-4-6-14(19-3)7-5-13;/h4-7,11-12,16H,8-10H2,1-3H3;1H/t11-,12?;/m0./s1. The maximum atomic E-state index is 12.5. The average Bonchev–Trinajstić information content (AvgIpc) is 2.46. The summed E-state index contributed by atoms with van der Waals surface area (Å²) in [5, 5.41) is 3.30. The molecule has 0 aromatic heterocycles. The zero-order chi connectivity index (χ0) is 13.8. The fraction of sp³-hybridized carbons (Fsp3) is 0.533. The Hall–Kier alpha value is -1.26. The van der Waals surface area contributed by atoms with Gasteiger partial charge in [0.15, 0.2) is 0 Å². The molecule has 2 rings (SSSR count). The molecule has 1 aromatic carbocycles. The lowest BCUT2D eigenvalue weighted by Gasteiger charge is -2.35. The van der Waals surface area contributed by atoms with Gasteiger partial charge in [0.1, 0.15) is 5.75 Å². The molecular formula is C15H23ClN2O2. The van der Waals surface area contributed by atoms with Crippen LogP contribution >= 0.6 is 12.4 Å². The van der Waals surface area contributed by atoms with E-state index >= 15 is 0 Å². The van der Waals surface area contributed by atoms with Crippen molar-refractivity contribution < 1.29 is 9.53 Å². The highest BCUT2D eigenvalue weighted by Gasteiger charge is 2.27. The van der Waals surface area contributed by atoms with E-state index in [0.717, 1.165) is 30.9 Å². The first-order valence-corrected chi connectivity index (χ1v) is 6.78. The Balaban J connectivity index is 0.00000200. The summed E-state index contributed by atoms with van der Waals surface area (Å²) in [6.45, 7) is 6.61. The van der Waals surface area contributed by atoms with Gasteiger partial charge in [0.25, 0.3) is 0 Å². The van der Waals surface area contributed by atoms with Crippen molar-refractivity contribution >= 4 is 18.3 Å². The van der Waals surface area contributed by atoms with Crippen LogP contribution in [-0.2, 0) is 4.79 Å². The van der Waals surface area contributed by atoms with E-state index in [9.17, 15) is 4.79 Å². The van der Waals surface area contributed by atoms with Crippen molar-refractivity contribution in [3.8, 4) is 5.75 Å². The monoisotopic (exact) mass is 298 g/mol. The number of nitrogens with zero attached hydrogens (tertiary/aromatic N) is 1. The molecule has 4 nitrogen and oxygen atoms in total. The zero-order valence-corrected chi connectivity index (χ0v) is 13.1. The molecule has 1 N–H and O–H groups in total. The largest absolute Gasteiger partial charge is 0.497 e. The van der Waals surface area contributed by atoms with Crippen molar-refractivity contribution in [2.45, 2.75) is 25.8 Å². The molecule has 1 heterocycles. The van der Waals surface area contributed by atoms with Crippen LogP contribution in [0.4, 0.5) is 0 Å². The molecule has 20 heavy (non-hydrogen) atoms. The van der Waals surface area contributed by atoms with Crippen LogP contribution in [0, 0.1) is 0 Å². The predicted octanol–water partition coefficient (Wildman–Crippen LogP) is 2.04. The van der Waals surface area contributed by atoms with Crippen molar-refractivity contribution in [3.05, 3.63) is 29.8 Å². The molecule has 1 unspecified atom stereocenters. The van der Waals surface area contributed by atoms with Gasteiger partial charge in [-0.2, -0.15) is 0 Å². The second kappa shape index (κ2) is 7.50. The first-order valence-electron chi connectivity index (χ1n) is 6.78. The lowest BCUT2D eigenvalue weighted by atomic mass is 9.98. The summed E-state index contributed by atoms with van der Waals surface area (Å²) in [5.41, 5.74) is 1.04. The normalized spacial score (nSPS) is 19.9. The number of nitrogens with one attached hydrogen (secondary N) is 1. The summed E-state index contributed by atoms with van der Waals surface area (Å²) in [6.07, 6.45) is 0. The van der Waals surface area contributed by atoms with E-state index in [2.05, 4.69) is 12.2 Å². The van der Waals surface area contributed by atoms with Gasteiger partial charge < -0.3 is 15.0 Å². The summed E-state index contributed by atoms with van der Waals surface area (Å²) in [4.78, 5) is 14.5. The third-order valence-corrected chi connectivity index (χ3v) is 3.77. The Kier molecular flexibility index (Phi) is 6.30. The van der Waals surface area contributed by atoms with Gasteiger partial charge in [-0.1, -0.05) is 12.1 Å². The minimum atomic E-state index is -0.105. The maximum absolute atomic E-state index is 12.5. The number of halogens is 1. The van der Waals surface area contributed by atoms with Crippen molar-refractivity contribution in [1.82, 2.24) is 10.2 Å². The lowest BCUT2D eigenvalue weighted by molar-refractivity contribution is -0.135. The van der Waals surface area contributed by atoms with Crippen molar-refractivity contribution in [3.63, 3.8) is 0 Å². The SMILES string of the molecule is COc1ccc(C(C)C(=O)N2CCNC[C@@H]2C)cc1.Cl. The molecule has 0 saturated carbocycles. The second-order valence-corrected chi connectivity index (χ2v) is 5.08. The van der Waals surface area contributed by atoms with E-state index in [1.54, 1.807) is 7.11 Å². The smallest absolute Gasteiger partial charge is 0.230 e. The average molecular weight is 299 g/mol. The quantitative estimate of drug-likeness (QED) is 0.928. The molecular weight excluding hydrogens is 276 g/mol. The van der Waals surface area contributed by atoms with E-state index in [4.69, 9.17) is 4.74 Å². The molecule has 0 bridgehead atoms. The molecule has 0 aliphatic carbocycles. The first kappa shape index (κ1) is 16.8. The zero-order valence-electron chi connectivity index (χ0n) is 12.3. The number of ether oxygens (including phenoxy) is 1. The minimum absolute atomic E-state index is 0. The van der Waals surface area contributed by atoms with Gasteiger partial charge in [-0.05, 0) is 31.5 Å². The van der Waals surface area contributed by atoms with Crippen LogP contribution in [0.15, 0.2) is 24.3 Å². The molecule has 0 spiro atoms. The Bertz CT molecular complexity index is 436. The molecule has 0 radical (unpaired) electrons. The minimum Gasteiger partial charge on any atom is -0.497 e. The summed E-state index contributed by atoms with van der Waals surface area (Å²) in [5.74, 6) is 0.921.